The van der Waals surface area contributed by atoms with Crippen molar-refractivity contribution in [2.24, 2.45) is 0 Å². The Hall–Kier alpha value is -0.900. The Morgan fingerprint density at radius 3 is 2.58 bits per heavy atom. The van der Waals surface area contributed by atoms with Crippen LogP contribution in [0.25, 0.3) is 0 Å². The summed E-state index contributed by atoms with van der Waals surface area (Å²) >= 11 is 9.68. The van der Waals surface area contributed by atoms with Crippen LogP contribution in [0, 0.1) is 0 Å². The van der Waals surface area contributed by atoms with Crippen LogP contribution in [0.1, 0.15) is 11.1 Å². The van der Waals surface area contributed by atoms with E-state index in [1.54, 1.807) is 12.4 Å². The molecule has 0 unspecified atom stereocenters. The minimum Gasteiger partial charge on any atom is -0.294 e. The number of pyridine rings is 1. The molecule has 2 nitrogen and oxygen atoms in total. The largest absolute Gasteiger partial charge is 0.294 e. The summed E-state index contributed by atoms with van der Waals surface area (Å²) in [4.78, 5) is 6.39. The van der Waals surface area contributed by atoms with Gasteiger partial charge in [-0.15, -0.1) is 0 Å². The van der Waals surface area contributed by atoms with Crippen molar-refractivity contribution in [2.45, 2.75) is 13.1 Å². The molecule has 0 atom stereocenters. The molecule has 0 spiro atoms. The van der Waals surface area contributed by atoms with Crippen molar-refractivity contribution in [3.63, 3.8) is 0 Å². The minimum absolute atomic E-state index is 0.732. The zero-order valence-electron chi connectivity index (χ0n) is 10.6. The van der Waals surface area contributed by atoms with Gasteiger partial charge in [0.25, 0.3) is 0 Å². The first-order valence-corrected chi connectivity index (χ1v) is 7.70. The highest BCUT2D eigenvalue weighted by Crippen LogP contribution is 2.17. The summed E-state index contributed by atoms with van der Waals surface area (Å²) in [5, 5.41) is 1.68. The standard InChI is InChI=1S/C15H16BrClN2/c16-7-9-19(11-13-4-2-1-3-5-13)12-14-6-8-18-10-15(14)17/h1-6,8,10H,7,9,11-12H2. The fourth-order valence-corrected chi connectivity index (χ4v) is 2.63. The van der Waals surface area contributed by atoms with Gasteiger partial charge in [0.1, 0.15) is 0 Å². The number of benzene rings is 1. The van der Waals surface area contributed by atoms with Crippen molar-refractivity contribution >= 4 is 27.5 Å². The molecular weight excluding hydrogens is 324 g/mol. The van der Waals surface area contributed by atoms with E-state index in [1.165, 1.54) is 5.56 Å². The van der Waals surface area contributed by atoms with Gasteiger partial charge in [0.2, 0.25) is 0 Å². The highest BCUT2D eigenvalue weighted by Gasteiger charge is 2.08. The molecule has 0 aliphatic carbocycles. The van der Waals surface area contributed by atoms with Crippen molar-refractivity contribution in [1.29, 1.82) is 0 Å². The van der Waals surface area contributed by atoms with E-state index >= 15 is 0 Å². The fourth-order valence-electron chi connectivity index (χ4n) is 1.95. The van der Waals surface area contributed by atoms with Crippen LogP contribution in [0.2, 0.25) is 5.02 Å². The Kier molecular flexibility index (Phi) is 5.83. The Bertz CT molecular complexity index is 505. The lowest BCUT2D eigenvalue weighted by Gasteiger charge is -2.22. The zero-order chi connectivity index (χ0) is 13.5. The Morgan fingerprint density at radius 2 is 1.89 bits per heavy atom. The molecule has 100 valence electrons. The lowest BCUT2D eigenvalue weighted by Crippen LogP contribution is -2.25. The first kappa shape index (κ1) is 14.5. The van der Waals surface area contributed by atoms with Gasteiger partial charge >= 0.3 is 0 Å². The molecule has 0 saturated heterocycles. The summed E-state index contributed by atoms with van der Waals surface area (Å²) in [6, 6.07) is 12.5. The fraction of sp³-hybridized carbons (Fsp3) is 0.267. The van der Waals surface area contributed by atoms with Gasteiger partial charge in [-0.25, -0.2) is 0 Å². The van der Waals surface area contributed by atoms with Crippen LogP contribution < -0.4 is 0 Å². The molecule has 0 aliphatic rings. The lowest BCUT2D eigenvalue weighted by atomic mass is 10.2. The van der Waals surface area contributed by atoms with E-state index in [0.29, 0.717) is 0 Å². The zero-order valence-corrected chi connectivity index (χ0v) is 12.9. The first-order chi connectivity index (χ1) is 9.29. The van der Waals surface area contributed by atoms with Crippen LogP contribution in [0.3, 0.4) is 0 Å². The van der Waals surface area contributed by atoms with Crippen LogP contribution in [0.15, 0.2) is 48.8 Å². The molecule has 0 aliphatic heterocycles. The third kappa shape index (κ3) is 4.60. The van der Waals surface area contributed by atoms with Crippen molar-refractivity contribution in [2.75, 3.05) is 11.9 Å². The summed E-state index contributed by atoms with van der Waals surface area (Å²) in [7, 11) is 0. The average Bonchev–Trinajstić information content (AvgIpc) is 2.43. The van der Waals surface area contributed by atoms with Crippen molar-refractivity contribution in [3.8, 4) is 0 Å². The normalized spacial score (nSPS) is 10.9. The SMILES string of the molecule is Clc1cnccc1CN(CCBr)Cc1ccccc1. The summed E-state index contributed by atoms with van der Waals surface area (Å²) < 4.78 is 0. The van der Waals surface area contributed by atoms with E-state index in [9.17, 15) is 0 Å². The van der Waals surface area contributed by atoms with Crippen molar-refractivity contribution in [1.82, 2.24) is 9.88 Å². The molecular formula is C15H16BrClN2. The maximum atomic E-state index is 6.17. The van der Waals surface area contributed by atoms with Gasteiger partial charge in [-0.3, -0.25) is 9.88 Å². The van der Waals surface area contributed by atoms with Gasteiger partial charge in [-0.2, -0.15) is 0 Å². The van der Waals surface area contributed by atoms with Crippen LogP contribution >= 0.6 is 27.5 Å². The van der Waals surface area contributed by atoms with E-state index in [1.807, 2.05) is 12.1 Å². The second-order valence-electron chi connectivity index (χ2n) is 4.35. The second-order valence-corrected chi connectivity index (χ2v) is 5.55. The predicted octanol–water partition coefficient (Wildman–Crippen LogP) is 4.13. The Morgan fingerprint density at radius 1 is 1.11 bits per heavy atom. The van der Waals surface area contributed by atoms with Crippen LogP contribution in [-0.4, -0.2) is 21.8 Å². The molecule has 1 heterocycles. The molecule has 1 aromatic heterocycles. The van der Waals surface area contributed by atoms with Crippen LogP contribution in [0.5, 0.6) is 0 Å². The number of halogens is 2. The number of rotatable bonds is 6. The van der Waals surface area contributed by atoms with Gasteiger partial charge in [0.05, 0.1) is 5.02 Å². The van der Waals surface area contributed by atoms with Crippen molar-refractivity contribution < 1.29 is 0 Å². The summed E-state index contributed by atoms with van der Waals surface area (Å²) in [5.74, 6) is 0. The number of alkyl halides is 1. The van der Waals surface area contributed by atoms with Gasteiger partial charge in [0.15, 0.2) is 0 Å². The van der Waals surface area contributed by atoms with E-state index in [4.69, 9.17) is 11.6 Å². The minimum atomic E-state index is 0.732. The van der Waals surface area contributed by atoms with E-state index in [2.05, 4.69) is 50.1 Å². The molecule has 1 aromatic carbocycles. The summed E-state index contributed by atoms with van der Waals surface area (Å²) in [6.45, 7) is 2.74. The molecule has 0 N–H and O–H groups in total. The molecule has 2 aromatic rings. The third-order valence-electron chi connectivity index (χ3n) is 2.90. The molecule has 0 bridgehead atoms. The number of hydrogen-bond donors (Lipinski definition) is 0. The third-order valence-corrected chi connectivity index (χ3v) is 3.60. The molecule has 19 heavy (non-hydrogen) atoms. The maximum absolute atomic E-state index is 6.17. The van der Waals surface area contributed by atoms with Gasteiger partial charge in [-0.1, -0.05) is 57.9 Å². The predicted molar refractivity (Wildman–Crippen MR) is 83.6 cm³/mol. The Labute approximate surface area is 127 Å². The van der Waals surface area contributed by atoms with Gasteiger partial charge < -0.3 is 0 Å². The summed E-state index contributed by atoms with van der Waals surface area (Å²) in [5.41, 5.74) is 2.43. The first-order valence-electron chi connectivity index (χ1n) is 6.20. The molecule has 0 radical (unpaired) electrons. The van der Waals surface area contributed by atoms with E-state index in [-0.39, 0.29) is 0 Å². The van der Waals surface area contributed by atoms with Gasteiger partial charge in [-0.05, 0) is 17.2 Å². The second kappa shape index (κ2) is 7.63. The average molecular weight is 340 g/mol. The maximum Gasteiger partial charge on any atom is 0.0634 e. The molecule has 0 amide bonds. The summed E-state index contributed by atoms with van der Waals surface area (Å²) in [6.07, 6.45) is 3.49. The van der Waals surface area contributed by atoms with E-state index in [0.717, 1.165) is 35.6 Å². The number of hydrogen-bond acceptors (Lipinski definition) is 2. The van der Waals surface area contributed by atoms with Crippen LogP contribution in [0.4, 0.5) is 0 Å². The van der Waals surface area contributed by atoms with Crippen molar-refractivity contribution in [3.05, 3.63) is 64.9 Å². The van der Waals surface area contributed by atoms with E-state index < -0.39 is 0 Å². The quantitative estimate of drug-likeness (QED) is 0.736. The van der Waals surface area contributed by atoms with Crippen LogP contribution in [-0.2, 0) is 13.1 Å². The monoisotopic (exact) mass is 338 g/mol. The molecule has 0 saturated carbocycles. The highest BCUT2D eigenvalue weighted by atomic mass is 79.9. The molecule has 4 heteroatoms. The molecule has 0 fully saturated rings. The number of aromatic nitrogens is 1. The number of nitrogens with zero attached hydrogens (tertiary/aromatic N) is 2. The highest BCUT2D eigenvalue weighted by molar-refractivity contribution is 9.09. The topological polar surface area (TPSA) is 16.1 Å². The smallest absolute Gasteiger partial charge is 0.0634 e. The van der Waals surface area contributed by atoms with Gasteiger partial charge in [0, 0.05) is 37.4 Å². The lowest BCUT2D eigenvalue weighted by molar-refractivity contribution is 0.274. The Balaban J connectivity index is 2.06. The molecule has 2 rings (SSSR count).